The van der Waals surface area contributed by atoms with Gasteiger partial charge in [-0.05, 0) is 37.8 Å². The third-order valence-electron chi connectivity index (χ3n) is 6.36. The molecule has 33 heavy (non-hydrogen) atoms. The maximum atomic E-state index is 13.5. The summed E-state index contributed by atoms with van der Waals surface area (Å²) in [6.45, 7) is 1.57. The van der Waals surface area contributed by atoms with E-state index in [1.54, 1.807) is 6.92 Å². The van der Waals surface area contributed by atoms with Crippen LogP contribution in [0, 0.1) is 23.7 Å². The number of aliphatic hydroxyl groups is 1. The molecule has 2 amide bonds. The maximum absolute atomic E-state index is 13.5. The number of nitriles is 1. The molecule has 2 aromatic rings. The van der Waals surface area contributed by atoms with Gasteiger partial charge < -0.3 is 21.9 Å². The lowest BCUT2D eigenvalue weighted by molar-refractivity contribution is -0.255. The third kappa shape index (κ3) is 3.27. The molecule has 0 saturated heterocycles. The van der Waals surface area contributed by atoms with Crippen molar-refractivity contribution in [2.24, 2.45) is 11.1 Å². The molecule has 5 rings (SSSR count). The van der Waals surface area contributed by atoms with Crippen LogP contribution in [-0.4, -0.2) is 38.6 Å². The molecule has 0 spiro atoms. The number of nitrogens with one attached hydrogen (secondary N) is 1. The van der Waals surface area contributed by atoms with E-state index in [0.717, 1.165) is 12.1 Å². The quantitative estimate of drug-likeness (QED) is 0.523. The van der Waals surface area contributed by atoms with Gasteiger partial charge in [-0.3, -0.25) is 9.59 Å². The molecule has 1 heterocycles. The van der Waals surface area contributed by atoms with Crippen LogP contribution in [-0.2, 0) is 10.4 Å². The second-order valence-electron chi connectivity index (χ2n) is 8.75. The Kier molecular flexibility index (Phi) is 4.69. The number of anilines is 1. The first-order valence-electron chi connectivity index (χ1n) is 9.83. The van der Waals surface area contributed by atoms with E-state index in [1.807, 2.05) is 0 Å². The second-order valence-corrected chi connectivity index (χ2v) is 8.75. The summed E-state index contributed by atoms with van der Waals surface area (Å²) in [5, 5.41) is 22.0. The Labute approximate surface area is 185 Å². The van der Waals surface area contributed by atoms with Gasteiger partial charge in [-0.2, -0.15) is 18.4 Å². The van der Waals surface area contributed by atoms with Crippen LogP contribution in [0.15, 0.2) is 24.4 Å². The molecule has 0 radical (unpaired) electrons. The first-order valence-corrected chi connectivity index (χ1v) is 9.83. The van der Waals surface area contributed by atoms with Crippen molar-refractivity contribution in [3.05, 3.63) is 41.2 Å². The first kappa shape index (κ1) is 22.5. The molecule has 1 aromatic heterocycles. The van der Waals surface area contributed by atoms with Crippen LogP contribution in [0.1, 0.15) is 40.9 Å². The molecule has 3 aliphatic rings. The predicted molar refractivity (Wildman–Crippen MR) is 108 cm³/mol. The number of nitrogens with zero attached hydrogens (tertiary/aromatic N) is 3. The molecular formula is C21H19F3N6O3. The monoisotopic (exact) mass is 460 g/mol. The van der Waals surface area contributed by atoms with E-state index in [2.05, 4.69) is 21.4 Å². The molecule has 172 valence electrons. The molecule has 12 heteroatoms. The highest BCUT2D eigenvalue weighted by atomic mass is 19.4. The summed E-state index contributed by atoms with van der Waals surface area (Å²) in [6.07, 6.45) is -2.62. The van der Waals surface area contributed by atoms with Gasteiger partial charge in [-0.1, -0.05) is 12.1 Å². The lowest BCUT2D eigenvalue weighted by Gasteiger charge is -2.66. The average molecular weight is 460 g/mol. The van der Waals surface area contributed by atoms with E-state index >= 15 is 0 Å². The minimum absolute atomic E-state index is 0.00813. The van der Waals surface area contributed by atoms with Crippen molar-refractivity contribution in [2.45, 2.75) is 43.5 Å². The Bertz CT molecular complexity index is 1220. The number of amides is 2. The molecule has 0 aliphatic heterocycles. The highest BCUT2D eigenvalue weighted by Crippen LogP contribution is 2.66. The highest BCUT2D eigenvalue weighted by Gasteiger charge is 2.69. The minimum atomic E-state index is -5.37. The van der Waals surface area contributed by atoms with Gasteiger partial charge in [0.15, 0.2) is 11.5 Å². The number of benzene rings is 1. The molecule has 1 unspecified atom stereocenters. The SMILES string of the molecule is Cc1ccc(C(O)(C(N)=O)C(F)(F)F)cc1-c1cnc(N)c(C(=O)NC23CC(C#N)(C2)C3)n1. The number of rotatable bonds is 5. The van der Waals surface area contributed by atoms with Gasteiger partial charge in [-0.25, -0.2) is 9.97 Å². The number of primary amides is 1. The topological polar surface area (TPSA) is 168 Å². The number of nitrogen functional groups attached to an aromatic ring is 1. The summed E-state index contributed by atoms with van der Waals surface area (Å²) >= 11 is 0. The number of aryl methyl sites for hydroxylation is 1. The maximum Gasteiger partial charge on any atom is 0.430 e. The Hall–Kier alpha value is -3.72. The number of hydrogen-bond acceptors (Lipinski definition) is 7. The van der Waals surface area contributed by atoms with Gasteiger partial charge >= 0.3 is 6.18 Å². The fourth-order valence-electron chi connectivity index (χ4n) is 4.60. The second kappa shape index (κ2) is 6.89. The lowest BCUT2D eigenvalue weighted by Crippen LogP contribution is -2.74. The predicted octanol–water partition coefficient (Wildman–Crippen LogP) is 1.45. The van der Waals surface area contributed by atoms with E-state index in [1.165, 1.54) is 12.3 Å². The molecule has 3 saturated carbocycles. The van der Waals surface area contributed by atoms with Gasteiger partial charge in [0.1, 0.15) is 0 Å². The summed E-state index contributed by atoms with van der Waals surface area (Å²) in [7, 11) is 0. The van der Waals surface area contributed by atoms with E-state index in [4.69, 9.17) is 16.7 Å². The number of carbonyl (C=O) groups is 2. The standard InChI is InChI=1S/C21H19F3N6O3/c1-10-2-3-11(20(33,17(27)32)21(22,23)24)4-12(10)13-5-28-15(26)14(29-13)16(31)30-19-6-18(7-19,8-19)9-25/h2-5,33H,6-8H2,1H3,(H2,26,28)(H2,27,32)(H,30,31). The Morgan fingerprint density at radius 2 is 1.91 bits per heavy atom. The molecule has 1 aromatic carbocycles. The zero-order valence-corrected chi connectivity index (χ0v) is 17.3. The molecule has 3 aliphatic carbocycles. The van der Waals surface area contributed by atoms with Crippen LogP contribution in [0.5, 0.6) is 0 Å². The molecule has 3 fully saturated rings. The summed E-state index contributed by atoms with van der Waals surface area (Å²) in [5.41, 5.74) is 5.39. The van der Waals surface area contributed by atoms with Crippen LogP contribution in [0.25, 0.3) is 11.3 Å². The number of nitrogens with two attached hydrogens (primary N) is 2. The number of carbonyl (C=O) groups excluding carboxylic acids is 2. The highest BCUT2D eigenvalue weighted by molar-refractivity contribution is 5.97. The molecule has 9 nitrogen and oxygen atoms in total. The van der Waals surface area contributed by atoms with Gasteiger partial charge in [-0.15, -0.1) is 0 Å². The van der Waals surface area contributed by atoms with Crippen molar-refractivity contribution in [1.82, 2.24) is 15.3 Å². The summed E-state index contributed by atoms with van der Waals surface area (Å²) in [5.74, 6) is -2.79. The zero-order valence-electron chi connectivity index (χ0n) is 17.3. The fourth-order valence-corrected chi connectivity index (χ4v) is 4.60. The van der Waals surface area contributed by atoms with E-state index in [-0.39, 0.29) is 28.2 Å². The van der Waals surface area contributed by atoms with Crippen molar-refractivity contribution < 1.29 is 27.9 Å². The van der Waals surface area contributed by atoms with Crippen LogP contribution >= 0.6 is 0 Å². The largest absolute Gasteiger partial charge is 0.430 e. The number of halogens is 3. The zero-order chi connectivity index (χ0) is 24.4. The van der Waals surface area contributed by atoms with Crippen molar-refractivity contribution in [3.8, 4) is 17.3 Å². The summed E-state index contributed by atoms with van der Waals surface area (Å²) < 4.78 is 40.4. The van der Waals surface area contributed by atoms with Crippen molar-refractivity contribution in [1.29, 1.82) is 5.26 Å². The Morgan fingerprint density at radius 3 is 2.45 bits per heavy atom. The lowest BCUT2D eigenvalue weighted by atomic mass is 9.40. The third-order valence-corrected chi connectivity index (χ3v) is 6.36. The van der Waals surface area contributed by atoms with Crippen molar-refractivity contribution >= 4 is 17.6 Å². The number of hydrogen-bond donors (Lipinski definition) is 4. The summed E-state index contributed by atoms with van der Waals surface area (Å²) in [4.78, 5) is 32.4. The Morgan fingerprint density at radius 1 is 1.27 bits per heavy atom. The molecule has 2 bridgehead atoms. The molecule has 1 atom stereocenters. The van der Waals surface area contributed by atoms with Crippen LogP contribution in [0.4, 0.5) is 19.0 Å². The Balaban J connectivity index is 1.69. The van der Waals surface area contributed by atoms with E-state index in [0.29, 0.717) is 24.8 Å². The minimum Gasteiger partial charge on any atom is -0.382 e. The number of alkyl halides is 3. The van der Waals surface area contributed by atoms with Crippen LogP contribution in [0.2, 0.25) is 0 Å². The van der Waals surface area contributed by atoms with E-state index < -0.39 is 34.7 Å². The number of aromatic nitrogens is 2. The molecular weight excluding hydrogens is 441 g/mol. The van der Waals surface area contributed by atoms with Gasteiger partial charge in [0.25, 0.3) is 17.4 Å². The summed E-state index contributed by atoms with van der Waals surface area (Å²) in [6, 6.07) is 5.34. The normalized spacial score (nSPS) is 25.1. The van der Waals surface area contributed by atoms with Gasteiger partial charge in [0.2, 0.25) is 0 Å². The van der Waals surface area contributed by atoms with Crippen LogP contribution in [0.3, 0.4) is 0 Å². The van der Waals surface area contributed by atoms with Crippen molar-refractivity contribution in [3.63, 3.8) is 0 Å². The van der Waals surface area contributed by atoms with E-state index in [9.17, 15) is 27.9 Å². The van der Waals surface area contributed by atoms with Crippen LogP contribution < -0.4 is 16.8 Å². The van der Waals surface area contributed by atoms with Gasteiger partial charge in [0, 0.05) is 16.7 Å². The van der Waals surface area contributed by atoms with Gasteiger partial charge in [0.05, 0.1) is 23.4 Å². The first-order chi connectivity index (χ1) is 15.3. The fraction of sp³-hybridized carbons (Fsp3) is 0.381. The smallest absolute Gasteiger partial charge is 0.382 e. The average Bonchev–Trinajstić information content (AvgIpc) is 2.68. The molecule has 6 N–H and O–H groups in total. The van der Waals surface area contributed by atoms with Crippen molar-refractivity contribution in [2.75, 3.05) is 5.73 Å².